The van der Waals surface area contributed by atoms with Crippen LogP contribution >= 0.6 is 0 Å². The summed E-state index contributed by atoms with van der Waals surface area (Å²) in [5.74, 6) is 0.595. The summed E-state index contributed by atoms with van der Waals surface area (Å²) in [6, 6.07) is 0. The van der Waals surface area contributed by atoms with Gasteiger partial charge in [0.2, 0.25) is 0 Å². The maximum atomic E-state index is 3.91. The molecule has 3 N–H and O–H groups in total. The minimum atomic E-state index is 0. The first-order chi connectivity index (χ1) is 5.62. The zero-order valence-corrected chi connectivity index (χ0v) is 9.90. The van der Waals surface area contributed by atoms with Crippen molar-refractivity contribution >= 4 is 0 Å². The smallest absolute Gasteiger partial charge is 0.0227 e. The lowest BCUT2D eigenvalue weighted by molar-refractivity contribution is 0.703. The first-order valence-corrected chi connectivity index (χ1v) is 4.91. The summed E-state index contributed by atoms with van der Waals surface area (Å²) in [6.45, 7) is 16.2. The van der Waals surface area contributed by atoms with E-state index in [9.17, 15) is 0 Å². The molecule has 0 aliphatic heterocycles. The van der Waals surface area contributed by atoms with E-state index in [0.717, 1.165) is 12.8 Å². The molecular weight excluding hydrogens is 158 g/mol. The standard InChI is InChI=1S/C9H16.C3H8.H3N/c1-5-8(3)7-9(4)6-2;1-3-2;/h5,8H,1,4,6-7H2,2-3H3;3H2,1-2H3;1H3/t8-;;/m1../s1. The van der Waals surface area contributed by atoms with Gasteiger partial charge in [-0.25, -0.2) is 0 Å². The van der Waals surface area contributed by atoms with E-state index >= 15 is 0 Å². The van der Waals surface area contributed by atoms with Crippen LogP contribution in [0, 0.1) is 5.92 Å². The highest BCUT2D eigenvalue weighted by molar-refractivity contribution is 4.96. The first kappa shape index (κ1) is 18.3. The number of allylic oxidation sites excluding steroid dienone is 2. The lowest BCUT2D eigenvalue weighted by atomic mass is 10.0. The normalized spacial score (nSPS) is 10.2. The van der Waals surface area contributed by atoms with Crippen molar-refractivity contribution < 1.29 is 0 Å². The molecular formula is C12H27N. The molecule has 0 amide bonds. The van der Waals surface area contributed by atoms with Crippen LogP contribution in [0.4, 0.5) is 0 Å². The zero-order valence-electron chi connectivity index (χ0n) is 9.90. The molecule has 1 nitrogen and oxygen atoms in total. The lowest BCUT2D eigenvalue weighted by Crippen LogP contribution is -1.89. The zero-order chi connectivity index (χ0) is 9.98. The van der Waals surface area contributed by atoms with Crippen LogP contribution in [0.15, 0.2) is 24.8 Å². The Bertz CT molecular complexity index is 116. The summed E-state index contributed by atoms with van der Waals surface area (Å²) in [5.41, 5.74) is 1.32. The third-order valence-corrected chi connectivity index (χ3v) is 1.51. The summed E-state index contributed by atoms with van der Waals surface area (Å²) in [7, 11) is 0. The molecule has 0 spiro atoms. The predicted molar refractivity (Wildman–Crippen MR) is 64.4 cm³/mol. The summed E-state index contributed by atoms with van der Waals surface area (Å²) in [5, 5.41) is 0. The van der Waals surface area contributed by atoms with Gasteiger partial charge in [-0.05, 0) is 18.8 Å². The molecule has 0 fully saturated rings. The second kappa shape index (κ2) is 14.0. The minimum Gasteiger partial charge on any atom is -0.344 e. The molecule has 0 aliphatic rings. The molecule has 13 heavy (non-hydrogen) atoms. The molecule has 0 saturated heterocycles. The Morgan fingerprint density at radius 2 is 1.69 bits per heavy atom. The van der Waals surface area contributed by atoms with E-state index in [1.54, 1.807) is 0 Å². The molecule has 1 heteroatoms. The van der Waals surface area contributed by atoms with E-state index in [2.05, 4.69) is 40.9 Å². The fourth-order valence-electron chi connectivity index (χ4n) is 0.683. The Balaban J connectivity index is -0.000000220. The molecule has 0 aromatic rings. The SMILES string of the molecule is C=C[C@@H](C)CC(=C)CC.CCC.N. The lowest BCUT2D eigenvalue weighted by Gasteiger charge is -2.05. The highest BCUT2D eigenvalue weighted by Gasteiger charge is 1.96. The molecule has 0 aromatic heterocycles. The maximum absolute atomic E-state index is 3.91. The summed E-state index contributed by atoms with van der Waals surface area (Å²) in [6.07, 6.45) is 5.42. The van der Waals surface area contributed by atoms with Gasteiger partial charge in [0.15, 0.2) is 0 Å². The van der Waals surface area contributed by atoms with E-state index in [1.807, 2.05) is 6.08 Å². The van der Waals surface area contributed by atoms with Gasteiger partial charge in [-0.1, -0.05) is 52.3 Å². The van der Waals surface area contributed by atoms with Gasteiger partial charge in [0.1, 0.15) is 0 Å². The molecule has 0 aromatic carbocycles. The Hall–Kier alpha value is -0.560. The quantitative estimate of drug-likeness (QED) is 0.631. The maximum Gasteiger partial charge on any atom is -0.0227 e. The van der Waals surface area contributed by atoms with Gasteiger partial charge in [0, 0.05) is 0 Å². The van der Waals surface area contributed by atoms with Crippen molar-refractivity contribution in [2.24, 2.45) is 5.92 Å². The molecule has 0 aliphatic carbocycles. The fraction of sp³-hybridized carbons (Fsp3) is 0.667. The second-order valence-corrected chi connectivity index (χ2v) is 3.23. The fourth-order valence-corrected chi connectivity index (χ4v) is 0.683. The first-order valence-electron chi connectivity index (χ1n) is 4.91. The van der Waals surface area contributed by atoms with E-state index in [1.165, 1.54) is 12.0 Å². The Labute approximate surface area is 84.5 Å². The van der Waals surface area contributed by atoms with Crippen LogP contribution < -0.4 is 6.15 Å². The van der Waals surface area contributed by atoms with E-state index < -0.39 is 0 Å². The number of rotatable bonds is 4. The third kappa shape index (κ3) is 18.4. The highest BCUT2D eigenvalue weighted by Crippen LogP contribution is 2.12. The molecule has 0 unspecified atom stereocenters. The van der Waals surface area contributed by atoms with Crippen molar-refractivity contribution in [2.75, 3.05) is 0 Å². The van der Waals surface area contributed by atoms with Crippen LogP contribution in [0.2, 0.25) is 0 Å². The van der Waals surface area contributed by atoms with Crippen LogP contribution in [0.25, 0.3) is 0 Å². The summed E-state index contributed by atoms with van der Waals surface area (Å²) in [4.78, 5) is 0. The molecule has 0 bridgehead atoms. The Kier molecular flexibility index (Phi) is 19.7. The van der Waals surface area contributed by atoms with Gasteiger partial charge in [-0.2, -0.15) is 0 Å². The van der Waals surface area contributed by atoms with E-state index in [4.69, 9.17) is 0 Å². The Morgan fingerprint density at radius 3 is 1.92 bits per heavy atom. The monoisotopic (exact) mass is 185 g/mol. The van der Waals surface area contributed by atoms with Gasteiger partial charge in [-0.15, -0.1) is 6.58 Å². The largest absolute Gasteiger partial charge is 0.344 e. The summed E-state index contributed by atoms with van der Waals surface area (Å²) < 4.78 is 0. The highest BCUT2D eigenvalue weighted by atomic mass is 14.0. The van der Waals surface area contributed by atoms with Crippen molar-refractivity contribution in [3.8, 4) is 0 Å². The van der Waals surface area contributed by atoms with Crippen LogP contribution in [-0.2, 0) is 0 Å². The van der Waals surface area contributed by atoms with Gasteiger partial charge >= 0.3 is 0 Å². The van der Waals surface area contributed by atoms with Crippen molar-refractivity contribution in [1.82, 2.24) is 6.15 Å². The molecule has 0 saturated carbocycles. The molecule has 1 atom stereocenters. The summed E-state index contributed by atoms with van der Waals surface area (Å²) >= 11 is 0. The Morgan fingerprint density at radius 1 is 1.31 bits per heavy atom. The van der Waals surface area contributed by atoms with Crippen LogP contribution in [0.3, 0.4) is 0 Å². The van der Waals surface area contributed by atoms with Gasteiger partial charge in [0.25, 0.3) is 0 Å². The van der Waals surface area contributed by atoms with Crippen molar-refractivity contribution in [1.29, 1.82) is 0 Å². The van der Waals surface area contributed by atoms with Crippen LogP contribution in [-0.4, -0.2) is 0 Å². The second-order valence-electron chi connectivity index (χ2n) is 3.23. The topological polar surface area (TPSA) is 35.0 Å². The molecule has 0 radical (unpaired) electrons. The van der Waals surface area contributed by atoms with Gasteiger partial charge in [0.05, 0.1) is 0 Å². The number of hydrogen-bond acceptors (Lipinski definition) is 1. The van der Waals surface area contributed by atoms with Crippen molar-refractivity contribution in [3.05, 3.63) is 24.8 Å². The number of hydrogen-bond donors (Lipinski definition) is 1. The molecule has 80 valence electrons. The minimum absolute atomic E-state index is 0. The van der Waals surface area contributed by atoms with Crippen molar-refractivity contribution in [3.63, 3.8) is 0 Å². The van der Waals surface area contributed by atoms with Crippen LogP contribution in [0.1, 0.15) is 47.0 Å². The molecule has 0 heterocycles. The average Bonchev–Trinajstić information content (AvgIpc) is 2.05. The third-order valence-electron chi connectivity index (χ3n) is 1.51. The van der Waals surface area contributed by atoms with E-state index in [-0.39, 0.29) is 6.15 Å². The van der Waals surface area contributed by atoms with E-state index in [0.29, 0.717) is 5.92 Å². The van der Waals surface area contributed by atoms with Gasteiger partial charge < -0.3 is 6.15 Å². The van der Waals surface area contributed by atoms with Crippen molar-refractivity contribution in [2.45, 2.75) is 47.0 Å². The average molecular weight is 185 g/mol. The van der Waals surface area contributed by atoms with Gasteiger partial charge in [-0.3, -0.25) is 0 Å². The van der Waals surface area contributed by atoms with Crippen LogP contribution in [0.5, 0.6) is 0 Å². The molecule has 0 rings (SSSR count). The predicted octanol–water partition coefficient (Wildman–Crippen LogP) is 4.74.